The molecule has 1 fully saturated rings. The summed E-state index contributed by atoms with van der Waals surface area (Å²) in [5, 5.41) is 15.6. The van der Waals surface area contributed by atoms with Gasteiger partial charge in [0.1, 0.15) is 6.26 Å². The van der Waals surface area contributed by atoms with E-state index in [1.54, 1.807) is 10.9 Å². The SMILES string of the molecule is CS(=O)(=O)N1CCc2c(c(-c3ccc(C(F)(F)F)cc3)nn2CC(O)CN2CCC(N3C=COC3)CC2)C1. The summed E-state index contributed by atoms with van der Waals surface area (Å²) in [6, 6.07) is 5.14. The molecule has 0 spiro atoms. The fourth-order valence-corrected chi connectivity index (χ4v) is 6.25. The molecule has 1 atom stereocenters. The molecule has 4 heterocycles. The average Bonchev–Trinajstić information content (AvgIpc) is 3.52. The van der Waals surface area contributed by atoms with Crippen molar-refractivity contribution >= 4 is 10.0 Å². The van der Waals surface area contributed by atoms with Crippen LogP contribution in [0.2, 0.25) is 0 Å². The molecule has 3 aliphatic rings. The Morgan fingerprint density at radius 3 is 2.45 bits per heavy atom. The molecule has 0 aliphatic carbocycles. The Kier molecular flexibility index (Phi) is 7.46. The Balaban J connectivity index is 1.32. The van der Waals surface area contributed by atoms with Gasteiger partial charge in [-0.3, -0.25) is 4.68 Å². The fraction of sp³-hybridized carbons (Fsp3) is 0.560. The van der Waals surface area contributed by atoms with Crippen molar-refractivity contribution in [3.63, 3.8) is 0 Å². The smallest absolute Gasteiger partial charge is 0.416 e. The van der Waals surface area contributed by atoms with E-state index in [1.165, 1.54) is 16.4 Å². The fourth-order valence-electron chi connectivity index (χ4n) is 5.46. The van der Waals surface area contributed by atoms with Crippen molar-refractivity contribution in [1.82, 2.24) is 23.9 Å². The number of hydrogen-bond donors (Lipinski definition) is 1. The predicted molar refractivity (Wildman–Crippen MR) is 134 cm³/mol. The van der Waals surface area contributed by atoms with Crippen molar-refractivity contribution in [2.45, 2.75) is 50.7 Å². The third kappa shape index (κ3) is 5.85. The van der Waals surface area contributed by atoms with Crippen LogP contribution in [0.5, 0.6) is 0 Å². The van der Waals surface area contributed by atoms with Gasteiger partial charge in [-0.1, -0.05) is 12.1 Å². The second-order valence-corrected chi connectivity index (χ2v) is 12.1. The van der Waals surface area contributed by atoms with Gasteiger partial charge in [0, 0.05) is 68.2 Å². The molecule has 1 saturated heterocycles. The number of hydrogen-bond acceptors (Lipinski definition) is 7. The lowest BCUT2D eigenvalue weighted by molar-refractivity contribution is -0.137. The van der Waals surface area contributed by atoms with Gasteiger partial charge in [-0.05, 0) is 25.0 Å². The molecular weight excluding hydrogens is 523 g/mol. The summed E-state index contributed by atoms with van der Waals surface area (Å²) in [6.45, 7) is 3.33. The zero-order valence-electron chi connectivity index (χ0n) is 21.1. The molecule has 1 aromatic carbocycles. The van der Waals surface area contributed by atoms with Crippen LogP contribution in [-0.2, 0) is 40.4 Å². The molecule has 13 heteroatoms. The predicted octanol–water partition coefficient (Wildman–Crippen LogP) is 2.47. The standard InChI is InChI=1S/C25H32F3N5O4S/c1-38(35,36)32-11-8-23-22(16-32)24(18-2-4-19(5-3-18)25(26,27)28)29-33(23)15-21(34)14-30-9-6-20(7-10-30)31-12-13-37-17-31/h2-5,12-13,20-21,34H,6-11,14-17H2,1H3. The Morgan fingerprint density at radius 2 is 1.84 bits per heavy atom. The highest BCUT2D eigenvalue weighted by molar-refractivity contribution is 7.88. The Bertz CT molecular complexity index is 1270. The molecule has 1 N–H and O–H groups in total. The minimum atomic E-state index is -4.46. The third-order valence-corrected chi connectivity index (χ3v) is 8.75. The van der Waals surface area contributed by atoms with E-state index in [2.05, 4.69) is 14.9 Å². The summed E-state index contributed by atoms with van der Waals surface area (Å²) in [5.41, 5.74) is 1.62. The Hall–Kier alpha value is -2.61. The summed E-state index contributed by atoms with van der Waals surface area (Å²) in [5.74, 6) is 0. The van der Waals surface area contributed by atoms with Gasteiger partial charge in [0.15, 0.2) is 6.73 Å². The highest BCUT2D eigenvalue weighted by Gasteiger charge is 2.33. The molecule has 1 unspecified atom stereocenters. The molecule has 2 aromatic rings. The number of ether oxygens (including phenoxy) is 1. The van der Waals surface area contributed by atoms with Crippen LogP contribution in [0.25, 0.3) is 11.3 Å². The van der Waals surface area contributed by atoms with E-state index in [4.69, 9.17) is 4.74 Å². The minimum Gasteiger partial charge on any atom is -0.479 e. The Labute approximate surface area is 220 Å². The number of fused-ring (bicyclic) bond motifs is 1. The molecule has 0 radical (unpaired) electrons. The van der Waals surface area contributed by atoms with Gasteiger partial charge in [-0.2, -0.15) is 22.6 Å². The first-order valence-corrected chi connectivity index (χ1v) is 14.5. The van der Waals surface area contributed by atoms with E-state index in [0.717, 1.165) is 50.0 Å². The van der Waals surface area contributed by atoms with Crippen molar-refractivity contribution in [1.29, 1.82) is 0 Å². The molecule has 1 aromatic heterocycles. The maximum absolute atomic E-state index is 13.1. The normalized spacial score (nSPS) is 20.5. The number of aliphatic hydroxyl groups excluding tert-OH is 1. The number of benzene rings is 1. The van der Waals surface area contributed by atoms with E-state index in [1.807, 2.05) is 6.20 Å². The lowest BCUT2D eigenvalue weighted by atomic mass is 10.0. The van der Waals surface area contributed by atoms with Crippen molar-refractivity contribution in [3.8, 4) is 11.3 Å². The van der Waals surface area contributed by atoms with Crippen LogP contribution < -0.4 is 0 Å². The van der Waals surface area contributed by atoms with Gasteiger partial charge in [0.25, 0.3) is 0 Å². The number of likely N-dealkylation sites (tertiary alicyclic amines) is 1. The summed E-state index contributed by atoms with van der Waals surface area (Å²) < 4.78 is 72.0. The molecule has 208 valence electrons. The third-order valence-electron chi connectivity index (χ3n) is 7.50. The first-order chi connectivity index (χ1) is 18.0. The maximum atomic E-state index is 13.1. The number of aliphatic hydroxyl groups is 1. The summed E-state index contributed by atoms with van der Waals surface area (Å²) in [7, 11) is -3.46. The van der Waals surface area contributed by atoms with Gasteiger partial charge in [0.05, 0.1) is 30.2 Å². The van der Waals surface area contributed by atoms with Crippen molar-refractivity contribution < 1.29 is 31.4 Å². The molecular formula is C25H32F3N5O4S. The second-order valence-electron chi connectivity index (χ2n) is 10.2. The van der Waals surface area contributed by atoms with E-state index < -0.39 is 27.9 Å². The average molecular weight is 556 g/mol. The number of nitrogens with zero attached hydrogens (tertiary/aromatic N) is 5. The lowest BCUT2D eigenvalue weighted by Crippen LogP contribution is -2.45. The quantitative estimate of drug-likeness (QED) is 0.562. The number of alkyl halides is 3. The molecule has 0 saturated carbocycles. The van der Waals surface area contributed by atoms with E-state index in [9.17, 15) is 26.7 Å². The number of sulfonamides is 1. The molecule has 0 bridgehead atoms. The summed E-state index contributed by atoms with van der Waals surface area (Å²) in [6.07, 6.45) is 1.98. The summed E-state index contributed by atoms with van der Waals surface area (Å²) >= 11 is 0. The van der Waals surface area contributed by atoms with Gasteiger partial charge in [-0.15, -0.1) is 0 Å². The number of rotatable bonds is 7. The van der Waals surface area contributed by atoms with Crippen LogP contribution in [0.15, 0.2) is 36.7 Å². The van der Waals surface area contributed by atoms with Crippen molar-refractivity contribution in [2.24, 2.45) is 0 Å². The van der Waals surface area contributed by atoms with Crippen LogP contribution in [0.4, 0.5) is 13.2 Å². The van der Waals surface area contributed by atoms with Crippen molar-refractivity contribution in [2.75, 3.05) is 39.2 Å². The largest absolute Gasteiger partial charge is 0.479 e. The number of β-amino-alcohol motifs (C(OH)–C–C–N with tert-alkyl or cyclic N) is 1. The number of aromatic nitrogens is 2. The molecule has 9 nitrogen and oxygen atoms in total. The van der Waals surface area contributed by atoms with E-state index in [0.29, 0.717) is 42.6 Å². The molecule has 3 aliphatic heterocycles. The zero-order chi connectivity index (χ0) is 27.1. The highest BCUT2D eigenvalue weighted by atomic mass is 32.2. The topological polar surface area (TPSA) is 91.1 Å². The van der Waals surface area contributed by atoms with Gasteiger partial charge in [0.2, 0.25) is 10.0 Å². The van der Waals surface area contributed by atoms with E-state index in [-0.39, 0.29) is 19.6 Å². The minimum absolute atomic E-state index is 0.0861. The number of halogens is 3. The lowest BCUT2D eigenvalue weighted by Gasteiger charge is -2.36. The zero-order valence-corrected chi connectivity index (χ0v) is 22.0. The van der Waals surface area contributed by atoms with Crippen LogP contribution in [0.3, 0.4) is 0 Å². The molecule has 38 heavy (non-hydrogen) atoms. The maximum Gasteiger partial charge on any atom is 0.416 e. The molecule has 0 amide bonds. The van der Waals surface area contributed by atoms with Crippen molar-refractivity contribution in [3.05, 3.63) is 53.5 Å². The van der Waals surface area contributed by atoms with Crippen LogP contribution in [-0.4, -0.2) is 88.7 Å². The highest BCUT2D eigenvalue weighted by Crippen LogP contribution is 2.34. The van der Waals surface area contributed by atoms with Crippen LogP contribution in [0.1, 0.15) is 29.7 Å². The monoisotopic (exact) mass is 555 g/mol. The molecule has 5 rings (SSSR count). The van der Waals surface area contributed by atoms with Crippen LogP contribution in [0, 0.1) is 0 Å². The first-order valence-electron chi connectivity index (χ1n) is 12.6. The second kappa shape index (κ2) is 10.5. The van der Waals surface area contributed by atoms with Gasteiger partial charge < -0.3 is 19.6 Å². The number of piperidine rings is 1. The Morgan fingerprint density at radius 1 is 1.13 bits per heavy atom. The first kappa shape index (κ1) is 27.0. The van der Waals surface area contributed by atoms with E-state index >= 15 is 0 Å². The summed E-state index contributed by atoms with van der Waals surface area (Å²) in [4.78, 5) is 4.41. The van der Waals surface area contributed by atoms with Gasteiger partial charge >= 0.3 is 6.18 Å². The van der Waals surface area contributed by atoms with Gasteiger partial charge in [-0.25, -0.2) is 8.42 Å². The van der Waals surface area contributed by atoms with Crippen LogP contribution >= 0.6 is 0 Å².